The number of ether oxygens (including phenoxy) is 1. The maximum Gasteiger partial charge on any atom is 0.335 e. The van der Waals surface area contributed by atoms with E-state index in [1.165, 1.54) is 23.9 Å². The summed E-state index contributed by atoms with van der Waals surface area (Å²) in [6, 6.07) is 8.23. The number of carboxylic acid groups (broad SMARTS) is 1. The van der Waals surface area contributed by atoms with Crippen LogP contribution in [-0.4, -0.2) is 33.4 Å². The number of thiophene rings is 1. The SMILES string of the molecule is CCc1cc2c(=O)[nH]c(SCCCOc3ccc(C(=O)O)cc3)nc2s1. The van der Waals surface area contributed by atoms with Gasteiger partial charge >= 0.3 is 5.97 Å². The minimum absolute atomic E-state index is 0.0942. The number of fused-ring (bicyclic) bond motifs is 1. The summed E-state index contributed by atoms with van der Waals surface area (Å²) in [5, 5.41) is 10.1. The number of aromatic carboxylic acids is 1. The Hall–Kier alpha value is -2.32. The number of nitrogens with one attached hydrogen (secondary N) is 1. The molecule has 0 atom stereocenters. The van der Waals surface area contributed by atoms with Gasteiger partial charge in [0.05, 0.1) is 17.6 Å². The molecular formula is C18H18N2O4S2. The van der Waals surface area contributed by atoms with Gasteiger partial charge in [-0.25, -0.2) is 9.78 Å². The number of thioether (sulfide) groups is 1. The second-order valence-electron chi connectivity index (χ2n) is 5.54. The molecule has 1 aromatic carbocycles. The molecule has 2 heterocycles. The summed E-state index contributed by atoms with van der Waals surface area (Å²) in [6.07, 6.45) is 1.67. The Kier molecular flexibility index (Phi) is 5.95. The number of nitrogens with zero attached hydrogens (tertiary/aromatic N) is 1. The summed E-state index contributed by atoms with van der Waals surface area (Å²) in [5.74, 6) is 0.440. The molecule has 0 spiro atoms. The molecule has 0 aliphatic carbocycles. The lowest BCUT2D eigenvalue weighted by Gasteiger charge is -2.06. The highest BCUT2D eigenvalue weighted by atomic mass is 32.2. The largest absolute Gasteiger partial charge is 0.494 e. The van der Waals surface area contributed by atoms with Gasteiger partial charge in [-0.05, 0) is 43.2 Å². The van der Waals surface area contributed by atoms with Crippen LogP contribution in [0, 0.1) is 0 Å². The molecule has 0 saturated heterocycles. The number of aromatic amines is 1. The molecule has 0 fully saturated rings. The Morgan fingerprint density at radius 1 is 1.35 bits per heavy atom. The number of rotatable bonds is 8. The van der Waals surface area contributed by atoms with E-state index in [1.807, 2.05) is 6.07 Å². The fourth-order valence-electron chi connectivity index (χ4n) is 2.32. The second-order valence-corrected chi connectivity index (χ2v) is 7.74. The van der Waals surface area contributed by atoms with Crippen LogP contribution in [0.25, 0.3) is 10.2 Å². The normalized spacial score (nSPS) is 11.0. The van der Waals surface area contributed by atoms with E-state index >= 15 is 0 Å². The molecule has 0 aliphatic rings. The zero-order valence-corrected chi connectivity index (χ0v) is 15.8. The molecule has 3 rings (SSSR count). The fraction of sp³-hybridized carbons (Fsp3) is 0.278. The summed E-state index contributed by atoms with van der Waals surface area (Å²) in [5.41, 5.74) is 0.140. The van der Waals surface area contributed by atoms with Gasteiger partial charge in [0.1, 0.15) is 10.6 Å². The lowest BCUT2D eigenvalue weighted by molar-refractivity contribution is 0.0697. The van der Waals surface area contributed by atoms with Gasteiger partial charge < -0.3 is 14.8 Å². The van der Waals surface area contributed by atoms with E-state index < -0.39 is 5.97 Å². The molecule has 2 N–H and O–H groups in total. The van der Waals surface area contributed by atoms with Crippen LogP contribution >= 0.6 is 23.1 Å². The summed E-state index contributed by atoms with van der Waals surface area (Å²) >= 11 is 3.05. The van der Waals surface area contributed by atoms with Crippen molar-refractivity contribution in [3.05, 3.63) is 51.1 Å². The highest BCUT2D eigenvalue weighted by molar-refractivity contribution is 7.99. The molecule has 136 valence electrons. The molecule has 0 aliphatic heterocycles. The minimum atomic E-state index is -0.955. The Morgan fingerprint density at radius 2 is 2.12 bits per heavy atom. The van der Waals surface area contributed by atoms with Crippen molar-refractivity contribution >= 4 is 39.3 Å². The Morgan fingerprint density at radius 3 is 2.81 bits per heavy atom. The number of hydrogen-bond acceptors (Lipinski definition) is 6. The van der Waals surface area contributed by atoms with Crippen molar-refractivity contribution in [1.29, 1.82) is 0 Å². The lowest BCUT2D eigenvalue weighted by Crippen LogP contribution is -2.08. The molecule has 0 unspecified atom stereocenters. The summed E-state index contributed by atoms with van der Waals surface area (Å²) in [6.45, 7) is 2.56. The second kappa shape index (κ2) is 8.37. The Balaban J connectivity index is 1.49. The Bertz CT molecular complexity index is 963. The molecule has 2 aromatic heterocycles. The predicted octanol–water partition coefficient (Wildman–Crippen LogP) is 3.81. The van der Waals surface area contributed by atoms with Crippen molar-refractivity contribution in [3.8, 4) is 5.75 Å². The molecule has 8 heteroatoms. The first-order valence-electron chi connectivity index (χ1n) is 8.18. The molecule has 0 bridgehead atoms. The van der Waals surface area contributed by atoms with E-state index in [2.05, 4.69) is 16.9 Å². The highest BCUT2D eigenvalue weighted by Crippen LogP contribution is 2.24. The number of carbonyl (C=O) groups is 1. The zero-order valence-electron chi connectivity index (χ0n) is 14.2. The Labute approximate surface area is 158 Å². The zero-order chi connectivity index (χ0) is 18.5. The first kappa shape index (κ1) is 18.5. The summed E-state index contributed by atoms with van der Waals surface area (Å²) in [7, 11) is 0. The van der Waals surface area contributed by atoms with E-state index in [4.69, 9.17) is 9.84 Å². The van der Waals surface area contributed by atoms with Gasteiger partial charge in [0.15, 0.2) is 5.16 Å². The quantitative estimate of drug-likeness (QED) is 0.345. The summed E-state index contributed by atoms with van der Waals surface area (Å²) < 4.78 is 5.59. The third-order valence-corrected chi connectivity index (χ3v) is 5.81. The number of benzene rings is 1. The summed E-state index contributed by atoms with van der Waals surface area (Å²) in [4.78, 5) is 32.2. The van der Waals surface area contributed by atoms with Crippen molar-refractivity contribution in [2.75, 3.05) is 12.4 Å². The van der Waals surface area contributed by atoms with E-state index in [-0.39, 0.29) is 11.1 Å². The topological polar surface area (TPSA) is 92.3 Å². The van der Waals surface area contributed by atoms with Crippen molar-refractivity contribution in [2.24, 2.45) is 0 Å². The number of aromatic nitrogens is 2. The van der Waals surface area contributed by atoms with Crippen LogP contribution in [0.3, 0.4) is 0 Å². The van der Waals surface area contributed by atoms with E-state index in [9.17, 15) is 9.59 Å². The maximum absolute atomic E-state index is 12.1. The molecule has 0 saturated carbocycles. The van der Waals surface area contributed by atoms with Crippen LogP contribution in [0.15, 0.2) is 40.3 Å². The number of carboxylic acids is 1. The van der Waals surface area contributed by atoms with Gasteiger partial charge in [0, 0.05) is 10.6 Å². The third kappa shape index (κ3) is 4.44. The third-order valence-electron chi connectivity index (χ3n) is 3.68. The molecule has 0 amide bonds. The first-order chi connectivity index (χ1) is 12.6. The van der Waals surface area contributed by atoms with Crippen LogP contribution < -0.4 is 10.3 Å². The van der Waals surface area contributed by atoms with Gasteiger partial charge in [-0.2, -0.15) is 0 Å². The van der Waals surface area contributed by atoms with Crippen molar-refractivity contribution in [3.63, 3.8) is 0 Å². The van der Waals surface area contributed by atoms with Gasteiger partial charge in [0.25, 0.3) is 5.56 Å². The minimum Gasteiger partial charge on any atom is -0.494 e. The van der Waals surface area contributed by atoms with Crippen LogP contribution in [-0.2, 0) is 6.42 Å². The number of aryl methyl sites for hydroxylation is 1. The molecule has 6 nitrogen and oxygen atoms in total. The molecule has 26 heavy (non-hydrogen) atoms. The van der Waals surface area contributed by atoms with Crippen LogP contribution in [0.1, 0.15) is 28.6 Å². The lowest BCUT2D eigenvalue weighted by atomic mass is 10.2. The molecular weight excluding hydrogens is 372 g/mol. The average molecular weight is 390 g/mol. The van der Waals surface area contributed by atoms with Gasteiger partial charge in [0.2, 0.25) is 0 Å². The van der Waals surface area contributed by atoms with Crippen LogP contribution in [0.5, 0.6) is 5.75 Å². The molecule has 3 aromatic rings. The monoisotopic (exact) mass is 390 g/mol. The number of H-pyrrole nitrogens is 1. The van der Waals surface area contributed by atoms with Crippen molar-refractivity contribution < 1.29 is 14.6 Å². The molecule has 0 radical (unpaired) electrons. The highest BCUT2D eigenvalue weighted by Gasteiger charge is 2.08. The number of hydrogen-bond donors (Lipinski definition) is 2. The average Bonchev–Trinajstić information content (AvgIpc) is 3.06. The van der Waals surface area contributed by atoms with E-state index in [0.717, 1.165) is 28.3 Å². The van der Waals surface area contributed by atoms with Crippen LogP contribution in [0.2, 0.25) is 0 Å². The van der Waals surface area contributed by atoms with E-state index in [1.54, 1.807) is 23.5 Å². The van der Waals surface area contributed by atoms with E-state index in [0.29, 0.717) is 22.9 Å². The van der Waals surface area contributed by atoms with Crippen molar-refractivity contribution in [1.82, 2.24) is 9.97 Å². The first-order valence-corrected chi connectivity index (χ1v) is 9.98. The smallest absolute Gasteiger partial charge is 0.335 e. The van der Waals surface area contributed by atoms with Gasteiger partial charge in [-0.1, -0.05) is 18.7 Å². The van der Waals surface area contributed by atoms with Crippen molar-refractivity contribution in [2.45, 2.75) is 24.9 Å². The van der Waals surface area contributed by atoms with Gasteiger partial charge in [-0.15, -0.1) is 11.3 Å². The predicted molar refractivity (Wildman–Crippen MR) is 104 cm³/mol. The maximum atomic E-state index is 12.1. The van der Waals surface area contributed by atoms with Crippen LogP contribution in [0.4, 0.5) is 0 Å². The van der Waals surface area contributed by atoms with Gasteiger partial charge in [-0.3, -0.25) is 4.79 Å². The standard InChI is InChI=1S/C18H18N2O4S2/c1-2-13-10-14-15(21)19-18(20-16(14)26-13)25-9-3-8-24-12-6-4-11(5-7-12)17(22)23/h4-7,10H,2-3,8-9H2,1H3,(H,22,23)(H,19,20,21). The fourth-order valence-corrected chi connectivity index (χ4v) is 4.12.